The van der Waals surface area contributed by atoms with Crippen LogP contribution in [0.1, 0.15) is 42.6 Å². The number of ether oxygens (including phenoxy) is 1. The highest BCUT2D eigenvalue weighted by atomic mass is 79.9. The van der Waals surface area contributed by atoms with Gasteiger partial charge in [-0.2, -0.15) is 5.10 Å². The van der Waals surface area contributed by atoms with Crippen molar-refractivity contribution >= 4 is 21.7 Å². The second-order valence-corrected chi connectivity index (χ2v) is 9.84. The Hall–Kier alpha value is -3.66. The molecule has 0 N–H and O–H groups in total. The second-order valence-electron chi connectivity index (χ2n) is 8.93. The van der Waals surface area contributed by atoms with Crippen LogP contribution >= 0.6 is 15.9 Å². The molecule has 184 valence electrons. The van der Waals surface area contributed by atoms with Crippen LogP contribution in [0.15, 0.2) is 65.7 Å². The third-order valence-electron chi connectivity index (χ3n) is 6.11. The minimum atomic E-state index is -0.727. The van der Waals surface area contributed by atoms with Crippen LogP contribution in [0.25, 0.3) is 11.3 Å². The summed E-state index contributed by atoms with van der Waals surface area (Å²) >= 11 is 3.27. The van der Waals surface area contributed by atoms with Gasteiger partial charge in [0.15, 0.2) is 6.20 Å². The van der Waals surface area contributed by atoms with E-state index in [1.807, 2.05) is 23.0 Å². The fourth-order valence-electron chi connectivity index (χ4n) is 4.21. The minimum absolute atomic E-state index is 0.0157. The van der Waals surface area contributed by atoms with Crippen molar-refractivity contribution in [2.24, 2.45) is 5.92 Å². The fraction of sp³-hybridized carbons (Fsp3) is 0.269. The van der Waals surface area contributed by atoms with Crippen molar-refractivity contribution in [1.29, 1.82) is 0 Å². The number of nitrogens with zero attached hydrogens (tertiary/aromatic N) is 5. The molecule has 0 radical (unpaired) electrons. The maximum atomic E-state index is 14.4. The summed E-state index contributed by atoms with van der Waals surface area (Å²) in [6, 6.07) is 9.70. The average molecular weight is 552 g/mol. The number of hydrogen-bond donors (Lipinski definition) is 0. The van der Waals surface area contributed by atoms with Crippen LogP contribution in [0.3, 0.4) is 0 Å². The smallest absolute Gasteiger partial charge is 0.406 e. The summed E-state index contributed by atoms with van der Waals surface area (Å²) in [6.45, 7) is 2.21. The van der Waals surface area contributed by atoms with Gasteiger partial charge >= 0.3 is 5.82 Å². The van der Waals surface area contributed by atoms with E-state index in [2.05, 4.69) is 37.2 Å². The lowest BCUT2D eigenvalue weighted by Gasteiger charge is -2.19. The van der Waals surface area contributed by atoms with Gasteiger partial charge in [-0.15, -0.1) is 0 Å². The van der Waals surface area contributed by atoms with E-state index < -0.39 is 22.7 Å². The van der Waals surface area contributed by atoms with Crippen molar-refractivity contribution < 1.29 is 14.1 Å². The minimum Gasteiger partial charge on any atom is -0.478 e. The van der Waals surface area contributed by atoms with Gasteiger partial charge in [0.1, 0.15) is 11.9 Å². The zero-order chi connectivity index (χ0) is 25.2. The van der Waals surface area contributed by atoms with E-state index in [1.54, 1.807) is 19.2 Å². The monoisotopic (exact) mass is 551 g/mol. The zero-order valence-electron chi connectivity index (χ0n) is 19.5. The first kappa shape index (κ1) is 24.1. The van der Waals surface area contributed by atoms with Crippen LogP contribution in [0, 0.1) is 21.8 Å². The Morgan fingerprint density at radius 2 is 2.08 bits per heavy atom. The Kier molecular flexibility index (Phi) is 6.77. The third kappa shape index (κ3) is 5.43. The summed E-state index contributed by atoms with van der Waals surface area (Å²) in [7, 11) is 0. The van der Waals surface area contributed by atoms with Crippen molar-refractivity contribution in [1.82, 2.24) is 19.7 Å². The van der Waals surface area contributed by atoms with Crippen molar-refractivity contribution in [3.63, 3.8) is 0 Å². The third-order valence-corrected chi connectivity index (χ3v) is 6.55. The lowest BCUT2D eigenvalue weighted by molar-refractivity contribution is -0.390. The summed E-state index contributed by atoms with van der Waals surface area (Å²) in [5.41, 5.74) is 3.99. The summed E-state index contributed by atoms with van der Waals surface area (Å²) in [6.07, 6.45) is 9.87. The molecule has 0 spiro atoms. The van der Waals surface area contributed by atoms with Crippen molar-refractivity contribution in [2.45, 2.75) is 38.8 Å². The molecular weight excluding hydrogens is 529 g/mol. The van der Waals surface area contributed by atoms with E-state index in [-0.39, 0.29) is 5.75 Å². The molecule has 8 nitrogen and oxygen atoms in total. The standard InChI is InChI=1S/C26H23BrFN5O3/c1-16(36-24-10-20(27)13-30-26(24)33(34)35)23-11-21(28)6-7-22(23)25-19(3-2-8-29-25)15-32-14-18(12-31-32)9-17-4-5-17/h2-3,6-8,10-14,16-17H,4-5,9,15H2,1H3/t16-/m1/s1. The lowest BCUT2D eigenvalue weighted by atomic mass is 9.97. The van der Waals surface area contributed by atoms with E-state index in [1.165, 1.54) is 42.8 Å². The quantitative estimate of drug-likeness (QED) is 0.179. The molecule has 0 amide bonds. The topological polar surface area (TPSA) is 96.0 Å². The molecule has 5 rings (SSSR count). The van der Waals surface area contributed by atoms with Gasteiger partial charge in [0.2, 0.25) is 5.75 Å². The molecule has 4 aromatic rings. The highest BCUT2D eigenvalue weighted by Gasteiger charge is 2.24. The van der Waals surface area contributed by atoms with Crippen molar-refractivity contribution in [3.05, 3.63) is 98.3 Å². The Morgan fingerprint density at radius 3 is 2.86 bits per heavy atom. The molecule has 10 heteroatoms. The molecule has 1 aliphatic carbocycles. The van der Waals surface area contributed by atoms with Crippen LogP contribution < -0.4 is 4.74 Å². The van der Waals surface area contributed by atoms with Crippen LogP contribution in [-0.2, 0) is 13.0 Å². The van der Waals surface area contributed by atoms with Gasteiger partial charge in [-0.1, -0.05) is 6.07 Å². The van der Waals surface area contributed by atoms with Gasteiger partial charge in [-0.25, -0.2) is 4.39 Å². The summed E-state index contributed by atoms with van der Waals surface area (Å²) in [5.74, 6) is -0.100. The van der Waals surface area contributed by atoms with E-state index in [0.717, 1.165) is 17.9 Å². The number of rotatable bonds is 9. The van der Waals surface area contributed by atoms with E-state index in [0.29, 0.717) is 27.8 Å². The predicted molar refractivity (Wildman–Crippen MR) is 135 cm³/mol. The van der Waals surface area contributed by atoms with Crippen LogP contribution in [0.5, 0.6) is 5.75 Å². The molecule has 3 heterocycles. The molecule has 0 saturated heterocycles. The summed E-state index contributed by atoms with van der Waals surface area (Å²) < 4.78 is 22.7. The molecule has 0 aliphatic heterocycles. The number of nitro groups is 1. The Bertz CT molecular complexity index is 1420. The maximum absolute atomic E-state index is 14.4. The fourth-order valence-corrected chi connectivity index (χ4v) is 4.52. The van der Waals surface area contributed by atoms with Gasteiger partial charge in [0, 0.05) is 29.6 Å². The van der Waals surface area contributed by atoms with E-state index in [4.69, 9.17) is 4.74 Å². The highest BCUT2D eigenvalue weighted by Crippen LogP contribution is 2.36. The first-order chi connectivity index (χ1) is 17.4. The average Bonchev–Trinajstić information content (AvgIpc) is 3.56. The molecule has 1 atom stereocenters. The second kappa shape index (κ2) is 10.1. The largest absolute Gasteiger partial charge is 0.478 e. The maximum Gasteiger partial charge on any atom is 0.406 e. The first-order valence-corrected chi connectivity index (χ1v) is 12.4. The number of hydrogen-bond acceptors (Lipinski definition) is 6. The highest BCUT2D eigenvalue weighted by molar-refractivity contribution is 9.10. The SMILES string of the molecule is C[C@@H](Oc1cc(Br)cnc1[N+](=O)[O-])c1cc(F)ccc1-c1ncccc1Cn1cc(CC2CC2)cn1. The molecule has 3 aromatic heterocycles. The molecule has 1 saturated carbocycles. The van der Waals surface area contributed by atoms with Crippen LogP contribution in [0.4, 0.5) is 10.2 Å². The van der Waals surface area contributed by atoms with E-state index in [9.17, 15) is 14.5 Å². The van der Waals surface area contributed by atoms with Gasteiger partial charge in [-0.3, -0.25) is 9.67 Å². The molecule has 36 heavy (non-hydrogen) atoms. The molecule has 1 fully saturated rings. The molecular formula is C26H23BrFN5O3. The van der Waals surface area contributed by atoms with Crippen LogP contribution in [-0.4, -0.2) is 24.7 Å². The number of pyridine rings is 2. The van der Waals surface area contributed by atoms with Crippen molar-refractivity contribution in [2.75, 3.05) is 0 Å². The Labute approximate surface area is 215 Å². The predicted octanol–water partition coefficient (Wildman–Crippen LogP) is 6.29. The normalized spacial score (nSPS) is 14.0. The van der Waals surface area contributed by atoms with Gasteiger partial charge in [0.05, 0.1) is 22.9 Å². The summed E-state index contributed by atoms with van der Waals surface area (Å²) in [5, 5.41) is 16.0. The van der Waals surface area contributed by atoms with Gasteiger partial charge < -0.3 is 14.9 Å². The number of aromatic nitrogens is 4. The Balaban J connectivity index is 1.47. The molecule has 1 aromatic carbocycles. The van der Waals surface area contributed by atoms with Gasteiger partial charge in [-0.05, 0) is 93.3 Å². The number of halogens is 2. The van der Waals surface area contributed by atoms with Crippen LogP contribution in [0.2, 0.25) is 0 Å². The Morgan fingerprint density at radius 1 is 1.25 bits per heavy atom. The lowest BCUT2D eigenvalue weighted by Crippen LogP contribution is -2.09. The molecule has 0 bridgehead atoms. The first-order valence-electron chi connectivity index (χ1n) is 11.6. The molecule has 1 aliphatic rings. The summed E-state index contributed by atoms with van der Waals surface area (Å²) in [4.78, 5) is 19.3. The van der Waals surface area contributed by atoms with Crippen molar-refractivity contribution in [3.8, 4) is 17.0 Å². The number of benzene rings is 1. The van der Waals surface area contributed by atoms with E-state index >= 15 is 0 Å². The zero-order valence-corrected chi connectivity index (χ0v) is 21.1. The van der Waals surface area contributed by atoms with Gasteiger partial charge in [0.25, 0.3) is 0 Å². The molecule has 0 unspecified atom stereocenters.